The fourth-order valence-electron chi connectivity index (χ4n) is 2.72. The average molecular weight is 344 g/mol. The van der Waals surface area contributed by atoms with Gasteiger partial charge in [0, 0.05) is 32.1 Å². The Kier molecular flexibility index (Phi) is 5.14. The molecule has 0 aliphatic carbocycles. The van der Waals surface area contributed by atoms with Gasteiger partial charge in [-0.3, -0.25) is 0 Å². The smallest absolute Gasteiger partial charge is 0.226 e. The third-order valence-electron chi connectivity index (χ3n) is 3.98. The highest BCUT2D eigenvalue weighted by Crippen LogP contribution is 2.21. The number of halogens is 1. The number of benzene rings is 1. The number of nitrogens with zero attached hydrogens (tertiary/aromatic N) is 3. The first-order chi connectivity index (χ1) is 12.1. The average Bonchev–Trinajstić information content (AvgIpc) is 3.16. The lowest BCUT2D eigenvalue weighted by Gasteiger charge is -2.06. The number of hydrogen-bond donors (Lipinski definition) is 1. The maximum atomic E-state index is 13.0. The molecule has 3 rings (SSSR count). The van der Waals surface area contributed by atoms with Gasteiger partial charge in [-0.25, -0.2) is 14.1 Å². The Morgan fingerprint density at radius 1 is 1.28 bits per heavy atom. The van der Waals surface area contributed by atoms with E-state index in [0.717, 1.165) is 41.4 Å². The number of rotatable bonds is 7. The highest BCUT2D eigenvalue weighted by atomic mass is 19.1. The van der Waals surface area contributed by atoms with E-state index in [1.807, 2.05) is 14.0 Å². The zero-order chi connectivity index (χ0) is 17.8. The second-order valence-electron chi connectivity index (χ2n) is 5.77. The molecule has 0 bridgehead atoms. The second kappa shape index (κ2) is 7.48. The van der Waals surface area contributed by atoms with Crippen molar-refractivity contribution in [3.8, 4) is 17.3 Å². The molecule has 0 spiro atoms. The molecule has 0 atom stereocenters. The monoisotopic (exact) mass is 344 g/mol. The summed E-state index contributed by atoms with van der Waals surface area (Å²) in [7, 11) is 3.51. The first kappa shape index (κ1) is 17.2. The summed E-state index contributed by atoms with van der Waals surface area (Å²) in [6.45, 7) is 3.38. The summed E-state index contributed by atoms with van der Waals surface area (Å²) < 4.78 is 25.5. The molecule has 0 saturated heterocycles. The topological polar surface area (TPSA) is 65.1 Å². The van der Waals surface area contributed by atoms with Crippen LogP contribution in [-0.4, -0.2) is 28.4 Å². The maximum Gasteiger partial charge on any atom is 0.226 e. The fourth-order valence-corrected chi connectivity index (χ4v) is 2.72. The quantitative estimate of drug-likeness (QED) is 0.668. The molecule has 0 saturated carbocycles. The molecule has 25 heavy (non-hydrogen) atoms. The molecule has 0 amide bonds. The van der Waals surface area contributed by atoms with Crippen molar-refractivity contribution < 1.29 is 13.5 Å². The van der Waals surface area contributed by atoms with Crippen LogP contribution in [0.25, 0.3) is 11.5 Å². The second-order valence-corrected chi connectivity index (χ2v) is 5.77. The van der Waals surface area contributed by atoms with Gasteiger partial charge in [0.15, 0.2) is 0 Å². The molecule has 2 aromatic heterocycles. The molecular weight excluding hydrogens is 323 g/mol. The highest BCUT2D eigenvalue weighted by Gasteiger charge is 2.13. The summed E-state index contributed by atoms with van der Waals surface area (Å²) in [5.41, 5.74) is 3.61. The largest absolute Gasteiger partial charge is 0.481 e. The van der Waals surface area contributed by atoms with Gasteiger partial charge in [0.05, 0.1) is 24.1 Å². The van der Waals surface area contributed by atoms with Crippen molar-refractivity contribution in [2.24, 2.45) is 7.05 Å². The Morgan fingerprint density at radius 2 is 2.04 bits per heavy atom. The molecule has 0 aliphatic heterocycles. The third kappa shape index (κ3) is 3.88. The van der Waals surface area contributed by atoms with Crippen LogP contribution < -0.4 is 10.1 Å². The number of hydrogen-bond acceptors (Lipinski definition) is 5. The summed E-state index contributed by atoms with van der Waals surface area (Å²) in [5, 5.41) is 7.73. The van der Waals surface area contributed by atoms with Gasteiger partial charge < -0.3 is 14.5 Å². The van der Waals surface area contributed by atoms with E-state index >= 15 is 0 Å². The summed E-state index contributed by atoms with van der Waals surface area (Å²) in [6.07, 6.45) is 2.36. The molecule has 1 N–H and O–H groups in total. The number of oxazole rings is 1. The van der Waals surface area contributed by atoms with E-state index in [1.165, 1.54) is 12.1 Å². The molecule has 0 aliphatic rings. The van der Waals surface area contributed by atoms with E-state index in [9.17, 15) is 4.39 Å². The summed E-state index contributed by atoms with van der Waals surface area (Å²) in [5.74, 6) is 0.991. The van der Waals surface area contributed by atoms with Crippen molar-refractivity contribution >= 4 is 0 Å². The van der Waals surface area contributed by atoms with Gasteiger partial charge in [-0.1, -0.05) is 0 Å². The minimum Gasteiger partial charge on any atom is -0.481 e. The van der Waals surface area contributed by atoms with E-state index in [4.69, 9.17) is 9.15 Å². The molecule has 6 nitrogen and oxygen atoms in total. The van der Waals surface area contributed by atoms with Crippen LogP contribution in [0.15, 0.2) is 34.9 Å². The first-order valence-electron chi connectivity index (χ1n) is 8.06. The van der Waals surface area contributed by atoms with Crippen molar-refractivity contribution in [3.63, 3.8) is 0 Å². The predicted molar refractivity (Wildman–Crippen MR) is 91.8 cm³/mol. The predicted octanol–water partition coefficient (Wildman–Crippen LogP) is 2.86. The van der Waals surface area contributed by atoms with Crippen LogP contribution in [0, 0.1) is 12.7 Å². The van der Waals surface area contributed by atoms with Crippen LogP contribution in [0.3, 0.4) is 0 Å². The lowest BCUT2D eigenvalue weighted by molar-refractivity contribution is 0.368. The number of methoxy groups -OCH3 is 1. The van der Waals surface area contributed by atoms with Crippen LogP contribution in [0.1, 0.15) is 17.0 Å². The van der Waals surface area contributed by atoms with Crippen molar-refractivity contribution in [2.75, 3.05) is 13.7 Å². The number of aromatic nitrogens is 3. The van der Waals surface area contributed by atoms with Crippen molar-refractivity contribution in [2.45, 2.75) is 19.9 Å². The normalized spacial score (nSPS) is 11.0. The molecule has 3 aromatic rings. The maximum absolute atomic E-state index is 13.0. The minimum atomic E-state index is -0.277. The van der Waals surface area contributed by atoms with Crippen molar-refractivity contribution in [1.82, 2.24) is 20.1 Å². The van der Waals surface area contributed by atoms with E-state index in [0.29, 0.717) is 12.4 Å². The van der Waals surface area contributed by atoms with E-state index in [1.54, 1.807) is 30.2 Å². The molecule has 2 heterocycles. The Labute approximate surface area is 145 Å². The van der Waals surface area contributed by atoms with Crippen LogP contribution >= 0.6 is 0 Å². The zero-order valence-electron chi connectivity index (χ0n) is 14.5. The molecule has 132 valence electrons. The number of nitrogens with one attached hydrogen (secondary N) is 1. The van der Waals surface area contributed by atoms with E-state index in [-0.39, 0.29) is 5.82 Å². The van der Waals surface area contributed by atoms with Crippen LogP contribution in [0.4, 0.5) is 4.39 Å². The van der Waals surface area contributed by atoms with Crippen LogP contribution in [0.2, 0.25) is 0 Å². The van der Waals surface area contributed by atoms with Gasteiger partial charge >= 0.3 is 0 Å². The number of aryl methyl sites for hydroxylation is 2. The Hall–Kier alpha value is -2.67. The Bertz CT molecular complexity index is 839. The molecule has 7 heteroatoms. The molecule has 0 fully saturated rings. The Balaban J connectivity index is 1.54. The van der Waals surface area contributed by atoms with E-state index < -0.39 is 0 Å². The van der Waals surface area contributed by atoms with Gasteiger partial charge in [0.1, 0.15) is 12.1 Å². The lowest BCUT2D eigenvalue weighted by Crippen LogP contribution is -2.17. The zero-order valence-corrected chi connectivity index (χ0v) is 14.5. The molecule has 1 aromatic carbocycles. The van der Waals surface area contributed by atoms with Crippen molar-refractivity contribution in [3.05, 3.63) is 53.3 Å². The number of ether oxygens (including phenoxy) is 1. The lowest BCUT2D eigenvalue weighted by atomic mass is 10.2. The summed E-state index contributed by atoms with van der Waals surface area (Å²) in [6, 6.07) is 6.09. The highest BCUT2D eigenvalue weighted by molar-refractivity contribution is 5.52. The van der Waals surface area contributed by atoms with Gasteiger partial charge in [-0.2, -0.15) is 5.10 Å². The van der Waals surface area contributed by atoms with Gasteiger partial charge in [-0.15, -0.1) is 0 Å². The fraction of sp³-hybridized carbons (Fsp3) is 0.333. The molecular formula is C18H21FN4O2. The molecule has 0 radical (unpaired) electrons. The van der Waals surface area contributed by atoms with E-state index in [2.05, 4.69) is 15.4 Å². The SMILES string of the molecule is COc1c(CNCCc2coc(-c3ccc(F)cc3)n2)c(C)nn1C. The summed E-state index contributed by atoms with van der Waals surface area (Å²) in [4.78, 5) is 4.44. The third-order valence-corrected chi connectivity index (χ3v) is 3.98. The summed E-state index contributed by atoms with van der Waals surface area (Å²) >= 11 is 0. The van der Waals surface area contributed by atoms with Crippen LogP contribution in [-0.2, 0) is 20.0 Å². The first-order valence-corrected chi connectivity index (χ1v) is 8.06. The Morgan fingerprint density at radius 3 is 2.76 bits per heavy atom. The van der Waals surface area contributed by atoms with Crippen LogP contribution in [0.5, 0.6) is 5.88 Å². The van der Waals surface area contributed by atoms with Gasteiger partial charge in [0.2, 0.25) is 11.8 Å². The standard InChI is InChI=1S/C18H21FN4O2/c1-12-16(18(24-3)23(2)22-12)10-20-9-8-15-11-25-17(21-15)13-4-6-14(19)7-5-13/h4-7,11,20H,8-10H2,1-3H3. The molecule has 0 unspecified atom stereocenters. The van der Waals surface area contributed by atoms with Gasteiger partial charge in [-0.05, 0) is 31.2 Å². The van der Waals surface area contributed by atoms with Gasteiger partial charge in [0.25, 0.3) is 0 Å². The minimum absolute atomic E-state index is 0.277. The van der Waals surface area contributed by atoms with Crippen molar-refractivity contribution in [1.29, 1.82) is 0 Å².